The molecule has 0 aliphatic heterocycles. The first-order valence-corrected chi connectivity index (χ1v) is 10.7. The average molecular weight is 502 g/mol. The molecule has 9 heteroatoms. The minimum absolute atomic E-state index is 0.161. The van der Waals surface area contributed by atoms with Gasteiger partial charge in [0.2, 0.25) is 5.88 Å². The molecule has 3 heterocycles. The van der Waals surface area contributed by atoms with Gasteiger partial charge >= 0.3 is 5.97 Å². The number of nitrogens with zero attached hydrogens (tertiary/aromatic N) is 4. The van der Waals surface area contributed by atoms with E-state index in [1.54, 1.807) is 24.5 Å². The molecule has 33 heavy (non-hydrogen) atoms. The lowest BCUT2D eigenvalue weighted by Gasteiger charge is -2.10. The maximum absolute atomic E-state index is 11.1. The minimum atomic E-state index is -1.01. The Morgan fingerprint density at radius 2 is 1.73 bits per heavy atom. The minimum Gasteiger partial charge on any atom is -0.478 e. The Kier molecular flexibility index (Phi) is 5.23. The Morgan fingerprint density at radius 1 is 0.970 bits per heavy atom. The summed E-state index contributed by atoms with van der Waals surface area (Å²) in [4.78, 5) is 20.3. The number of hydrogen-bond acceptors (Lipinski definition) is 6. The molecule has 0 saturated heterocycles. The first-order valence-electron chi connectivity index (χ1n) is 9.87. The number of anilines is 1. The highest BCUT2D eigenvalue weighted by atomic mass is 79.9. The molecule has 0 spiro atoms. The summed E-state index contributed by atoms with van der Waals surface area (Å²) in [6.07, 6.45) is 3.44. The Morgan fingerprint density at radius 3 is 2.39 bits per heavy atom. The number of benzene rings is 2. The third-order valence-electron chi connectivity index (χ3n) is 5.05. The smallest absolute Gasteiger partial charge is 0.335 e. The van der Waals surface area contributed by atoms with Crippen LogP contribution in [0, 0.1) is 0 Å². The number of nitrogen functional groups attached to an aromatic ring is 1. The molecule has 162 valence electrons. The van der Waals surface area contributed by atoms with Gasteiger partial charge in [-0.2, -0.15) is 14.6 Å². The van der Waals surface area contributed by atoms with Gasteiger partial charge in [-0.3, -0.25) is 4.98 Å². The average Bonchev–Trinajstić information content (AvgIpc) is 3.27. The molecule has 0 aliphatic rings. The van der Waals surface area contributed by atoms with Gasteiger partial charge in [0, 0.05) is 22.9 Å². The fourth-order valence-electron chi connectivity index (χ4n) is 3.35. The Hall–Kier alpha value is -4.24. The monoisotopic (exact) mass is 501 g/mol. The number of rotatable bonds is 5. The van der Waals surface area contributed by atoms with Crippen LogP contribution in [-0.2, 0) is 0 Å². The van der Waals surface area contributed by atoms with Crippen LogP contribution >= 0.6 is 15.9 Å². The van der Waals surface area contributed by atoms with E-state index < -0.39 is 5.97 Å². The number of fused-ring (bicyclic) bond motifs is 1. The molecule has 0 fully saturated rings. The van der Waals surface area contributed by atoms with E-state index in [0.717, 1.165) is 22.4 Å². The number of hydrogen-bond donors (Lipinski definition) is 2. The topological polar surface area (TPSA) is 116 Å². The summed E-state index contributed by atoms with van der Waals surface area (Å²) >= 11 is 3.42. The zero-order valence-corrected chi connectivity index (χ0v) is 18.6. The van der Waals surface area contributed by atoms with Crippen molar-refractivity contribution < 1.29 is 14.6 Å². The van der Waals surface area contributed by atoms with Crippen molar-refractivity contribution in [3.63, 3.8) is 0 Å². The van der Waals surface area contributed by atoms with Gasteiger partial charge in [-0.25, -0.2) is 4.79 Å². The molecule has 0 atom stereocenters. The lowest BCUT2D eigenvalue weighted by Crippen LogP contribution is -2.04. The van der Waals surface area contributed by atoms with Gasteiger partial charge in [-0.1, -0.05) is 36.4 Å². The predicted molar refractivity (Wildman–Crippen MR) is 127 cm³/mol. The van der Waals surface area contributed by atoms with Crippen LogP contribution < -0.4 is 10.5 Å². The van der Waals surface area contributed by atoms with Crippen molar-refractivity contribution in [1.29, 1.82) is 0 Å². The number of carboxylic acids is 1. The lowest BCUT2D eigenvalue weighted by atomic mass is 10.1. The van der Waals surface area contributed by atoms with Gasteiger partial charge in [0.1, 0.15) is 16.0 Å². The van der Waals surface area contributed by atoms with Crippen LogP contribution in [0.4, 0.5) is 5.82 Å². The summed E-state index contributed by atoms with van der Waals surface area (Å²) < 4.78 is 7.84. The molecular weight excluding hydrogens is 486 g/mol. The lowest BCUT2D eigenvalue weighted by molar-refractivity contribution is 0.0697. The molecular formula is C24H16BrN5O3. The van der Waals surface area contributed by atoms with Crippen LogP contribution in [0.5, 0.6) is 11.6 Å². The maximum atomic E-state index is 11.1. The molecule has 0 radical (unpaired) electrons. The predicted octanol–water partition coefficient (Wildman–Crippen LogP) is 5.29. The standard InChI is InChI=1S/C24H16BrN5O3/c25-20-21(26)30-22(29-23(20)33-17-9-6-15(7-10-17)24(31)32)18(13-28-30)16-8-11-19(27-12-16)14-4-2-1-3-5-14/h1-13H,26H2,(H,31,32). The van der Waals surface area contributed by atoms with Crippen LogP contribution in [0.1, 0.15) is 10.4 Å². The van der Waals surface area contributed by atoms with Crippen molar-refractivity contribution in [2.75, 3.05) is 5.73 Å². The number of aromatic nitrogens is 4. The van der Waals surface area contributed by atoms with E-state index in [9.17, 15) is 4.79 Å². The number of nitrogens with two attached hydrogens (primary N) is 1. The first kappa shape index (κ1) is 20.7. The van der Waals surface area contributed by atoms with Crippen LogP contribution in [0.25, 0.3) is 28.0 Å². The van der Waals surface area contributed by atoms with Gasteiger partial charge in [-0.15, -0.1) is 0 Å². The normalized spacial score (nSPS) is 10.9. The zero-order valence-electron chi connectivity index (χ0n) is 17.0. The van der Waals surface area contributed by atoms with Gasteiger partial charge in [-0.05, 0) is 46.3 Å². The second-order valence-corrected chi connectivity index (χ2v) is 7.93. The summed E-state index contributed by atoms with van der Waals surface area (Å²) in [6.45, 7) is 0. The van der Waals surface area contributed by atoms with E-state index in [4.69, 9.17) is 15.6 Å². The number of pyridine rings is 1. The summed E-state index contributed by atoms with van der Waals surface area (Å²) in [7, 11) is 0. The van der Waals surface area contributed by atoms with Crippen LogP contribution in [-0.4, -0.2) is 30.7 Å². The quantitative estimate of drug-likeness (QED) is 0.335. The highest BCUT2D eigenvalue weighted by molar-refractivity contribution is 9.10. The van der Waals surface area contributed by atoms with E-state index >= 15 is 0 Å². The number of aromatic carboxylic acids is 1. The van der Waals surface area contributed by atoms with Crippen LogP contribution in [0.3, 0.4) is 0 Å². The van der Waals surface area contributed by atoms with Gasteiger partial charge < -0.3 is 15.6 Å². The van der Waals surface area contributed by atoms with E-state index in [-0.39, 0.29) is 11.4 Å². The van der Waals surface area contributed by atoms with E-state index in [0.29, 0.717) is 21.7 Å². The molecule has 3 aromatic heterocycles. The summed E-state index contributed by atoms with van der Waals surface area (Å²) in [5.41, 5.74) is 10.4. The molecule has 0 amide bonds. The van der Waals surface area contributed by atoms with Crippen molar-refractivity contribution in [3.05, 3.63) is 89.2 Å². The molecule has 0 aliphatic carbocycles. The number of carboxylic acid groups (broad SMARTS) is 1. The van der Waals surface area contributed by atoms with E-state index in [1.165, 1.54) is 16.6 Å². The van der Waals surface area contributed by atoms with Crippen molar-refractivity contribution in [2.45, 2.75) is 0 Å². The molecule has 0 unspecified atom stereocenters. The highest BCUT2D eigenvalue weighted by Gasteiger charge is 2.18. The SMILES string of the molecule is Nc1c(Br)c(Oc2ccc(C(=O)O)cc2)nc2c(-c3ccc(-c4ccccc4)nc3)cnn12. The van der Waals surface area contributed by atoms with Crippen molar-refractivity contribution in [1.82, 2.24) is 19.6 Å². The maximum Gasteiger partial charge on any atom is 0.335 e. The molecule has 0 saturated carbocycles. The van der Waals surface area contributed by atoms with Gasteiger partial charge in [0.25, 0.3) is 0 Å². The number of ether oxygens (including phenoxy) is 1. The molecule has 3 N–H and O–H groups in total. The summed E-state index contributed by atoms with van der Waals surface area (Å²) in [5.74, 6) is -0.0369. The fourth-order valence-corrected chi connectivity index (χ4v) is 3.69. The summed E-state index contributed by atoms with van der Waals surface area (Å²) in [6, 6.07) is 19.8. The van der Waals surface area contributed by atoms with Crippen LogP contribution in [0.2, 0.25) is 0 Å². The van der Waals surface area contributed by atoms with Crippen molar-refractivity contribution in [2.24, 2.45) is 0 Å². The number of halogens is 1. The highest BCUT2D eigenvalue weighted by Crippen LogP contribution is 2.35. The second-order valence-electron chi connectivity index (χ2n) is 7.14. The van der Waals surface area contributed by atoms with Gasteiger partial charge in [0.05, 0.1) is 17.5 Å². The fraction of sp³-hybridized carbons (Fsp3) is 0. The van der Waals surface area contributed by atoms with E-state index in [1.807, 2.05) is 42.5 Å². The molecule has 8 nitrogen and oxygen atoms in total. The third-order valence-corrected chi connectivity index (χ3v) is 5.80. The Bertz CT molecular complexity index is 1470. The number of carbonyl (C=O) groups is 1. The Balaban J connectivity index is 1.52. The molecule has 2 aromatic carbocycles. The van der Waals surface area contributed by atoms with Crippen molar-refractivity contribution >= 4 is 33.4 Å². The molecule has 5 rings (SSSR count). The largest absolute Gasteiger partial charge is 0.478 e. The van der Waals surface area contributed by atoms with E-state index in [2.05, 4.69) is 31.0 Å². The molecule has 5 aromatic rings. The van der Waals surface area contributed by atoms with Gasteiger partial charge in [0.15, 0.2) is 5.65 Å². The zero-order chi connectivity index (χ0) is 22.9. The first-order chi connectivity index (χ1) is 16.0. The third kappa shape index (κ3) is 3.90. The summed E-state index contributed by atoms with van der Waals surface area (Å²) in [5, 5.41) is 13.4. The Labute approximate surface area is 196 Å². The van der Waals surface area contributed by atoms with Crippen LogP contribution in [0.15, 0.2) is 83.6 Å². The molecule has 0 bridgehead atoms. The van der Waals surface area contributed by atoms with Crippen molar-refractivity contribution in [3.8, 4) is 34.0 Å². The second kappa shape index (κ2) is 8.36.